The van der Waals surface area contributed by atoms with E-state index in [4.69, 9.17) is 5.26 Å². The normalized spacial score (nSPS) is 11.1. The molecule has 1 rings (SSSR count). The van der Waals surface area contributed by atoms with Gasteiger partial charge in [-0.25, -0.2) is 14.0 Å². The number of methoxy groups -OCH3 is 1. The lowest BCUT2D eigenvalue weighted by atomic mass is 10.0. The third-order valence-corrected chi connectivity index (χ3v) is 2.49. The number of nitrogens with one attached hydrogen (secondary N) is 1. The first kappa shape index (κ1) is 15.4. The maximum atomic E-state index is 11.9. The highest BCUT2D eigenvalue weighted by Gasteiger charge is 2.22. The van der Waals surface area contributed by atoms with E-state index in [9.17, 15) is 14.0 Å². The van der Waals surface area contributed by atoms with Crippen molar-refractivity contribution >= 4 is 12.1 Å². The molecule has 0 fully saturated rings. The second-order valence-corrected chi connectivity index (χ2v) is 3.77. The minimum absolute atomic E-state index is 0.139. The number of alkyl carbamates (subject to hydrolysis) is 1. The van der Waals surface area contributed by atoms with Gasteiger partial charge in [-0.1, -0.05) is 12.1 Å². The molecule has 0 bridgehead atoms. The van der Waals surface area contributed by atoms with Gasteiger partial charge in [0.05, 0.1) is 18.7 Å². The summed E-state index contributed by atoms with van der Waals surface area (Å²) in [7, 11) is 1.18. The number of benzene rings is 1. The molecular formula is C13H13FN2O4. The van der Waals surface area contributed by atoms with Gasteiger partial charge in [-0.05, 0) is 17.7 Å². The molecule has 1 aromatic carbocycles. The topological polar surface area (TPSA) is 88.4 Å². The Hall–Kier alpha value is -2.62. The van der Waals surface area contributed by atoms with Crippen LogP contribution >= 0.6 is 0 Å². The van der Waals surface area contributed by atoms with Crippen LogP contribution in [0.15, 0.2) is 24.3 Å². The number of carbonyl (C=O) groups is 2. The molecule has 0 saturated carbocycles. The molecular weight excluding hydrogens is 267 g/mol. The van der Waals surface area contributed by atoms with Crippen molar-refractivity contribution in [3.63, 3.8) is 0 Å². The van der Waals surface area contributed by atoms with Gasteiger partial charge < -0.3 is 14.8 Å². The van der Waals surface area contributed by atoms with Crippen molar-refractivity contribution < 1.29 is 23.5 Å². The minimum Gasteiger partial charge on any atom is -0.467 e. The zero-order valence-corrected chi connectivity index (χ0v) is 10.8. The van der Waals surface area contributed by atoms with Gasteiger partial charge in [0.25, 0.3) is 0 Å². The average molecular weight is 280 g/mol. The maximum Gasteiger partial charge on any atom is 0.410 e. The standard InChI is InChI=1S/C13H13FN2O4/c1-19-12(17)11(16-13(18)20-8-14)6-9-2-4-10(7-15)5-3-9/h2-5,11H,6,8H2,1H3,(H,16,18)/t11-/m0/s1. The van der Waals surface area contributed by atoms with Crippen molar-refractivity contribution in [3.8, 4) is 6.07 Å². The lowest BCUT2D eigenvalue weighted by Crippen LogP contribution is -2.43. The summed E-state index contributed by atoms with van der Waals surface area (Å²) >= 11 is 0. The van der Waals surface area contributed by atoms with Gasteiger partial charge in [0.1, 0.15) is 6.04 Å². The van der Waals surface area contributed by atoms with Crippen molar-refractivity contribution in [1.29, 1.82) is 5.26 Å². The van der Waals surface area contributed by atoms with Crippen molar-refractivity contribution in [3.05, 3.63) is 35.4 Å². The van der Waals surface area contributed by atoms with E-state index in [0.29, 0.717) is 11.1 Å². The number of nitrogens with zero attached hydrogens (tertiary/aromatic N) is 1. The summed E-state index contributed by atoms with van der Waals surface area (Å²) in [6.07, 6.45) is -0.906. The van der Waals surface area contributed by atoms with E-state index >= 15 is 0 Å². The average Bonchev–Trinajstić information content (AvgIpc) is 2.46. The molecule has 0 radical (unpaired) electrons. The summed E-state index contributed by atoms with van der Waals surface area (Å²) in [6, 6.07) is 7.45. The van der Waals surface area contributed by atoms with Crippen molar-refractivity contribution in [1.82, 2.24) is 5.32 Å². The molecule has 0 aromatic heterocycles. The second-order valence-electron chi connectivity index (χ2n) is 3.77. The summed E-state index contributed by atoms with van der Waals surface area (Å²) in [5, 5.41) is 10.9. The van der Waals surface area contributed by atoms with Crippen LogP contribution in [0.1, 0.15) is 11.1 Å². The third-order valence-electron chi connectivity index (χ3n) is 2.49. The van der Waals surface area contributed by atoms with Crippen LogP contribution in [0, 0.1) is 11.3 Å². The Morgan fingerprint density at radius 3 is 2.55 bits per heavy atom. The minimum atomic E-state index is -1.28. The van der Waals surface area contributed by atoms with Crippen LogP contribution in [0.25, 0.3) is 0 Å². The van der Waals surface area contributed by atoms with Crippen LogP contribution in [-0.2, 0) is 20.7 Å². The molecule has 7 heteroatoms. The Labute approximate surface area is 115 Å². The fourth-order valence-corrected chi connectivity index (χ4v) is 1.52. The number of halogens is 1. The second kappa shape index (κ2) is 7.74. The smallest absolute Gasteiger partial charge is 0.410 e. The summed E-state index contributed by atoms with van der Waals surface area (Å²) in [6.45, 7) is -1.28. The van der Waals surface area contributed by atoms with Crippen LogP contribution in [0.4, 0.5) is 9.18 Å². The van der Waals surface area contributed by atoms with Gasteiger partial charge in [0.15, 0.2) is 0 Å². The van der Waals surface area contributed by atoms with Crippen LogP contribution in [0.5, 0.6) is 0 Å². The van der Waals surface area contributed by atoms with Gasteiger partial charge in [-0.3, -0.25) is 0 Å². The number of ether oxygens (including phenoxy) is 2. The molecule has 1 atom stereocenters. The fraction of sp³-hybridized carbons (Fsp3) is 0.308. The van der Waals surface area contributed by atoms with E-state index in [0.717, 1.165) is 0 Å². The molecule has 6 nitrogen and oxygen atoms in total. The summed E-state index contributed by atoms with van der Waals surface area (Å²) in [5.74, 6) is -0.676. The summed E-state index contributed by atoms with van der Waals surface area (Å²) in [4.78, 5) is 22.7. The van der Waals surface area contributed by atoms with Gasteiger partial charge in [-0.15, -0.1) is 0 Å². The first-order valence-electron chi connectivity index (χ1n) is 5.66. The SMILES string of the molecule is COC(=O)[C@H](Cc1ccc(C#N)cc1)NC(=O)OCF. The molecule has 0 aliphatic heterocycles. The highest BCUT2D eigenvalue weighted by molar-refractivity contribution is 5.81. The molecule has 0 aliphatic carbocycles. The third kappa shape index (κ3) is 4.57. The van der Waals surface area contributed by atoms with E-state index in [1.165, 1.54) is 7.11 Å². The number of hydrogen-bond donors (Lipinski definition) is 1. The molecule has 0 heterocycles. The first-order valence-corrected chi connectivity index (χ1v) is 5.66. The molecule has 106 valence electrons. The van der Waals surface area contributed by atoms with Crippen molar-refractivity contribution in [2.45, 2.75) is 12.5 Å². The lowest BCUT2D eigenvalue weighted by molar-refractivity contribution is -0.143. The predicted molar refractivity (Wildman–Crippen MR) is 66.3 cm³/mol. The lowest BCUT2D eigenvalue weighted by Gasteiger charge is -2.15. The van der Waals surface area contributed by atoms with Crippen LogP contribution in [-0.4, -0.2) is 32.1 Å². The monoisotopic (exact) mass is 280 g/mol. The molecule has 1 aromatic rings. The Morgan fingerprint density at radius 1 is 1.40 bits per heavy atom. The number of rotatable bonds is 5. The van der Waals surface area contributed by atoms with Gasteiger partial charge in [0.2, 0.25) is 6.86 Å². The van der Waals surface area contributed by atoms with Crippen LogP contribution in [0.3, 0.4) is 0 Å². The highest BCUT2D eigenvalue weighted by atomic mass is 19.1. The molecule has 1 amide bonds. The Balaban J connectivity index is 2.75. The highest BCUT2D eigenvalue weighted by Crippen LogP contribution is 2.07. The van der Waals surface area contributed by atoms with E-state index in [1.807, 2.05) is 6.07 Å². The molecule has 0 saturated heterocycles. The first-order chi connectivity index (χ1) is 9.60. The molecule has 0 unspecified atom stereocenters. The largest absolute Gasteiger partial charge is 0.467 e. The molecule has 20 heavy (non-hydrogen) atoms. The van der Waals surface area contributed by atoms with Gasteiger partial charge in [0, 0.05) is 6.42 Å². The Morgan fingerprint density at radius 2 is 2.05 bits per heavy atom. The zero-order valence-electron chi connectivity index (χ0n) is 10.8. The predicted octanol–water partition coefficient (Wildman–Crippen LogP) is 1.30. The van der Waals surface area contributed by atoms with E-state index in [-0.39, 0.29) is 6.42 Å². The van der Waals surface area contributed by atoms with E-state index in [2.05, 4.69) is 14.8 Å². The number of hydrogen-bond acceptors (Lipinski definition) is 5. The van der Waals surface area contributed by atoms with Crippen LogP contribution in [0.2, 0.25) is 0 Å². The van der Waals surface area contributed by atoms with Crippen LogP contribution < -0.4 is 5.32 Å². The molecule has 1 N–H and O–H groups in total. The molecule has 0 spiro atoms. The number of nitriles is 1. The number of esters is 1. The van der Waals surface area contributed by atoms with Crippen molar-refractivity contribution in [2.75, 3.05) is 14.0 Å². The van der Waals surface area contributed by atoms with E-state index in [1.54, 1.807) is 24.3 Å². The number of amides is 1. The summed E-state index contributed by atoms with van der Waals surface area (Å²) in [5.41, 5.74) is 1.19. The van der Waals surface area contributed by atoms with Gasteiger partial charge in [-0.2, -0.15) is 5.26 Å². The van der Waals surface area contributed by atoms with Crippen molar-refractivity contribution in [2.24, 2.45) is 0 Å². The number of alkyl halides is 1. The quantitative estimate of drug-likeness (QED) is 0.821. The Kier molecular flexibility index (Phi) is 5.97. The van der Waals surface area contributed by atoms with Gasteiger partial charge >= 0.3 is 12.1 Å². The summed E-state index contributed by atoms with van der Waals surface area (Å²) < 4.78 is 20.5. The number of carbonyl (C=O) groups excluding carboxylic acids is 2. The Bertz CT molecular complexity index is 510. The fourth-order valence-electron chi connectivity index (χ4n) is 1.52. The zero-order chi connectivity index (χ0) is 15.0. The molecule has 0 aliphatic rings. The van der Waals surface area contributed by atoms with E-state index < -0.39 is 25.0 Å². The maximum absolute atomic E-state index is 11.9.